The molecular weight excluding hydrogens is 406 g/mol. The monoisotopic (exact) mass is 436 g/mol. The minimum absolute atomic E-state index is 0.0880. The highest BCUT2D eigenvalue weighted by Gasteiger charge is 2.52. The van der Waals surface area contributed by atoms with Gasteiger partial charge in [0.1, 0.15) is 11.5 Å². The molecule has 2 rings (SSSR count). The first-order chi connectivity index (χ1) is 14.4. The average molecular weight is 436 g/mol. The van der Waals surface area contributed by atoms with Crippen LogP contribution >= 0.6 is 0 Å². The molecular formula is C22H30BFO7. The smallest absolute Gasteiger partial charge is 0.498 e. The third-order valence-electron chi connectivity index (χ3n) is 5.32. The van der Waals surface area contributed by atoms with Gasteiger partial charge >= 0.3 is 13.1 Å². The van der Waals surface area contributed by atoms with Crippen LogP contribution in [0.25, 0.3) is 0 Å². The Balaban J connectivity index is 2.31. The lowest BCUT2D eigenvalue weighted by molar-refractivity contribution is -0.142. The maximum absolute atomic E-state index is 14.9. The molecule has 9 heteroatoms. The van der Waals surface area contributed by atoms with Crippen molar-refractivity contribution in [2.24, 2.45) is 0 Å². The number of ether oxygens (including phenoxy) is 3. The van der Waals surface area contributed by atoms with Gasteiger partial charge in [-0.1, -0.05) is 6.07 Å². The fraction of sp³-hybridized carbons (Fsp3) is 0.500. The number of carbonyl (C=O) groups excluding carboxylic acids is 1. The predicted molar refractivity (Wildman–Crippen MR) is 115 cm³/mol. The molecule has 1 aromatic carbocycles. The van der Waals surface area contributed by atoms with Gasteiger partial charge in [0.05, 0.1) is 37.1 Å². The Hall–Kier alpha value is -2.52. The second-order valence-corrected chi connectivity index (χ2v) is 8.13. The summed E-state index contributed by atoms with van der Waals surface area (Å²) in [7, 11) is 0.485. The van der Waals surface area contributed by atoms with Crippen molar-refractivity contribution >= 4 is 13.1 Å². The number of hydrogen-bond acceptors (Lipinski definition) is 7. The first kappa shape index (κ1) is 24.8. The van der Waals surface area contributed by atoms with E-state index in [2.05, 4.69) is 0 Å². The van der Waals surface area contributed by atoms with Crippen molar-refractivity contribution in [2.45, 2.75) is 59.2 Å². The summed E-state index contributed by atoms with van der Waals surface area (Å²) in [6, 6.07) is 3.68. The van der Waals surface area contributed by atoms with E-state index in [0.717, 1.165) is 6.08 Å². The van der Waals surface area contributed by atoms with Gasteiger partial charge in [0.2, 0.25) is 0 Å². The quantitative estimate of drug-likeness (QED) is 0.279. The van der Waals surface area contributed by atoms with E-state index in [1.165, 1.54) is 20.1 Å². The Morgan fingerprint density at radius 3 is 2.35 bits per heavy atom. The zero-order chi connectivity index (χ0) is 23.4. The van der Waals surface area contributed by atoms with Crippen LogP contribution in [0.2, 0.25) is 0 Å². The molecule has 0 saturated carbocycles. The lowest BCUT2D eigenvalue weighted by Crippen LogP contribution is -2.41. The maximum Gasteiger partial charge on any atom is 0.498 e. The van der Waals surface area contributed by atoms with E-state index in [4.69, 9.17) is 23.5 Å². The topological polar surface area (TPSA) is 83.5 Å². The summed E-state index contributed by atoms with van der Waals surface area (Å²) in [6.07, 6.45) is 0.907. The molecule has 7 nitrogen and oxygen atoms in total. The molecule has 31 heavy (non-hydrogen) atoms. The largest absolute Gasteiger partial charge is 0.513 e. The summed E-state index contributed by atoms with van der Waals surface area (Å²) in [6.45, 7) is 10.8. The molecule has 0 amide bonds. The number of methoxy groups -OCH3 is 1. The highest BCUT2D eigenvalue weighted by Crippen LogP contribution is 2.39. The van der Waals surface area contributed by atoms with Crippen LogP contribution in [0.15, 0.2) is 41.5 Å². The Labute approximate surface area is 182 Å². The van der Waals surface area contributed by atoms with E-state index < -0.39 is 30.3 Å². The zero-order valence-electron chi connectivity index (χ0n) is 19.1. The summed E-state index contributed by atoms with van der Waals surface area (Å²) in [5.41, 5.74) is -0.817. The van der Waals surface area contributed by atoms with Gasteiger partial charge in [0.15, 0.2) is 0 Å². The molecule has 0 bridgehead atoms. The SMILES string of the molecule is CCOC(=O)Cc1ccc(OC)cc1O/C(F)=C/C(B1OC(C)(C)C(C)(C)O1)=C(\C)O. The van der Waals surface area contributed by atoms with Crippen LogP contribution in [-0.2, 0) is 25.3 Å². The fourth-order valence-electron chi connectivity index (χ4n) is 2.84. The van der Waals surface area contributed by atoms with Crippen LogP contribution in [-0.4, -0.2) is 43.1 Å². The van der Waals surface area contributed by atoms with Gasteiger partial charge < -0.3 is 28.6 Å². The number of esters is 1. The van der Waals surface area contributed by atoms with Crippen molar-refractivity contribution in [1.29, 1.82) is 0 Å². The first-order valence-corrected chi connectivity index (χ1v) is 10.0. The number of halogens is 1. The summed E-state index contributed by atoms with van der Waals surface area (Å²) in [4.78, 5) is 11.9. The van der Waals surface area contributed by atoms with Crippen LogP contribution in [0.1, 0.15) is 47.1 Å². The van der Waals surface area contributed by atoms with Crippen molar-refractivity contribution in [3.63, 3.8) is 0 Å². The van der Waals surface area contributed by atoms with Gasteiger partial charge in [0, 0.05) is 23.2 Å². The molecule has 0 unspecified atom stereocenters. The fourth-order valence-corrected chi connectivity index (χ4v) is 2.84. The standard InChI is InChI=1S/C22H30BFO7/c1-8-28-20(26)11-15-9-10-16(27-7)12-18(15)29-19(24)13-17(14(2)25)23-30-21(3,4)22(5,6)31-23/h9-10,12-13,25H,8,11H2,1-7H3/b17-14-,19-13+. The number of hydrogen-bond donors (Lipinski definition) is 1. The zero-order valence-corrected chi connectivity index (χ0v) is 19.1. The van der Waals surface area contributed by atoms with Crippen molar-refractivity contribution in [1.82, 2.24) is 0 Å². The number of allylic oxidation sites excluding steroid dienone is 3. The van der Waals surface area contributed by atoms with Gasteiger partial charge in [-0.25, -0.2) is 0 Å². The van der Waals surface area contributed by atoms with E-state index in [1.807, 2.05) is 27.7 Å². The molecule has 1 heterocycles. The van der Waals surface area contributed by atoms with Crippen LogP contribution in [0.5, 0.6) is 11.5 Å². The molecule has 1 fully saturated rings. The molecule has 1 aliphatic rings. The van der Waals surface area contributed by atoms with E-state index in [9.17, 15) is 14.3 Å². The Morgan fingerprint density at radius 2 is 1.84 bits per heavy atom. The number of aliphatic hydroxyl groups excluding tert-OH is 1. The minimum atomic E-state index is -1.02. The van der Waals surface area contributed by atoms with E-state index in [1.54, 1.807) is 19.1 Å². The van der Waals surface area contributed by atoms with Crippen molar-refractivity contribution in [3.8, 4) is 11.5 Å². The maximum atomic E-state index is 14.9. The van der Waals surface area contributed by atoms with Gasteiger partial charge in [-0.05, 0) is 47.6 Å². The predicted octanol–water partition coefficient (Wildman–Crippen LogP) is 4.45. The van der Waals surface area contributed by atoms with Crippen molar-refractivity contribution < 1.29 is 37.8 Å². The van der Waals surface area contributed by atoms with Crippen LogP contribution in [0.4, 0.5) is 4.39 Å². The number of aliphatic hydroxyl groups is 1. The Morgan fingerprint density at radius 1 is 1.23 bits per heavy atom. The van der Waals surface area contributed by atoms with Gasteiger partial charge in [-0.15, -0.1) is 0 Å². The summed E-state index contributed by atoms with van der Waals surface area (Å²) in [5.74, 6) is -0.124. The Bertz CT molecular complexity index is 857. The van der Waals surface area contributed by atoms with E-state index in [-0.39, 0.29) is 30.0 Å². The van der Waals surface area contributed by atoms with Crippen molar-refractivity contribution in [3.05, 3.63) is 47.1 Å². The number of benzene rings is 1. The van der Waals surface area contributed by atoms with Gasteiger partial charge in [-0.3, -0.25) is 4.79 Å². The molecule has 1 saturated heterocycles. The lowest BCUT2D eigenvalue weighted by atomic mass is 9.77. The summed E-state index contributed by atoms with van der Waals surface area (Å²) in [5, 5.41) is 10.1. The number of carbonyl (C=O) groups is 1. The molecule has 170 valence electrons. The van der Waals surface area contributed by atoms with E-state index in [0.29, 0.717) is 11.3 Å². The molecule has 1 N–H and O–H groups in total. The minimum Gasteiger partial charge on any atom is -0.513 e. The lowest BCUT2D eigenvalue weighted by Gasteiger charge is -2.32. The molecule has 0 spiro atoms. The molecule has 0 aromatic heterocycles. The van der Waals surface area contributed by atoms with E-state index >= 15 is 0 Å². The van der Waals surface area contributed by atoms with Gasteiger partial charge in [-0.2, -0.15) is 4.39 Å². The van der Waals surface area contributed by atoms with Gasteiger partial charge in [0.25, 0.3) is 6.01 Å². The van der Waals surface area contributed by atoms with Crippen LogP contribution < -0.4 is 9.47 Å². The second kappa shape index (κ2) is 9.74. The molecule has 1 aliphatic heterocycles. The molecule has 0 radical (unpaired) electrons. The molecule has 1 aromatic rings. The second-order valence-electron chi connectivity index (χ2n) is 8.13. The van der Waals surface area contributed by atoms with Crippen molar-refractivity contribution in [2.75, 3.05) is 13.7 Å². The first-order valence-electron chi connectivity index (χ1n) is 10.0. The molecule has 0 atom stereocenters. The Kier molecular flexibility index (Phi) is 7.78. The average Bonchev–Trinajstić information content (AvgIpc) is 2.88. The highest BCUT2D eigenvalue weighted by atomic mass is 19.1. The highest BCUT2D eigenvalue weighted by molar-refractivity contribution is 6.55. The third kappa shape index (κ3) is 6.01. The summed E-state index contributed by atoms with van der Waals surface area (Å²) < 4.78 is 42.1. The number of rotatable bonds is 8. The van der Waals surface area contributed by atoms with Crippen LogP contribution in [0, 0.1) is 0 Å². The summed E-state index contributed by atoms with van der Waals surface area (Å²) >= 11 is 0. The third-order valence-corrected chi connectivity index (χ3v) is 5.32. The molecule has 0 aliphatic carbocycles. The normalized spacial score (nSPS) is 18.5. The van der Waals surface area contributed by atoms with Crippen LogP contribution in [0.3, 0.4) is 0 Å².